The molecule has 2 aromatic rings. The van der Waals surface area contributed by atoms with Crippen LogP contribution >= 0.6 is 16.1 Å². The SMILES string of the molecule is O=[N+]([O-])c1ccccc1N(Br)c1ccccc1. The molecular formula is C12H9BrN2O2. The number of halogens is 1. The molecule has 2 rings (SSSR count). The third-order valence-electron chi connectivity index (χ3n) is 2.27. The van der Waals surface area contributed by atoms with Crippen LogP contribution in [0.3, 0.4) is 0 Å². The van der Waals surface area contributed by atoms with Gasteiger partial charge >= 0.3 is 0 Å². The Hall–Kier alpha value is -1.88. The van der Waals surface area contributed by atoms with Gasteiger partial charge in [-0.05, 0) is 18.2 Å². The minimum absolute atomic E-state index is 0.0632. The van der Waals surface area contributed by atoms with Crippen LogP contribution in [0.15, 0.2) is 54.6 Å². The first-order valence-corrected chi connectivity index (χ1v) is 5.65. The van der Waals surface area contributed by atoms with Crippen molar-refractivity contribution in [3.8, 4) is 0 Å². The Morgan fingerprint density at radius 2 is 1.59 bits per heavy atom. The van der Waals surface area contributed by atoms with E-state index in [-0.39, 0.29) is 5.69 Å². The molecule has 5 heteroatoms. The predicted octanol–water partition coefficient (Wildman–Crippen LogP) is 4.04. The molecule has 0 atom stereocenters. The van der Waals surface area contributed by atoms with Gasteiger partial charge < -0.3 is 0 Å². The third kappa shape index (κ3) is 2.45. The fourth-order valence-electron chi connectivity index (χ4n) is 1.48. The number of anilines is 2. The third-order valence-corrected chi connectivity index (χ3v) is 3.06. The van der Waals surface area contributed by atoms with E-state index in [9.17, 15) is 10.1 Å². The maximum atomic E-state index is 10.9. The van der Waals surface area contributed by atoms with E-state index >= 15 is 0 Å². The van der Waals surface area contributed by atoms with Gasteiger partial charge in [0.25, 0.3) is 5.69 Å². The number of rotatable bonds is 3. The zero-order chi connectivity index (χ0) is 12.3. The topological polar surface area (TPSA) is 46.4 Å². The first-order valence-electron chi connectivity index (χ1n) is 4.94. The summed E-state index contributed by atoms with van der Waals surface area (Å²) in [7, 11) is 0. The van der Waals surface area contributed by atoms with Gasteiger partial charge in [-0.25, -0.2) is 0 Å². The van der Waals surface area contributed by atoms with Gasteiger partial charge in [-0.1, -0.05) is 30.3 Å². The Kier molecular flexibility index (Phi) is 3.39. The maximum Gasteiger partial charge on any atom is 0.293 e. The highest BCUT2D eigenvalue weighted by molar-refractivity contribution is 9.10. The molecule has 0 fully saturated rings. The normalized spacial score (nSPS) is 9.94. The Labute approximate surface area is 107 Å². The second-order valence-electron chi connectivity index (χ2n) is 3.36. The van der Waals surface area contributed by atoms with Crippen LogP contribution in [0.5, 0.6) is 0 Å². The summed E-state index contributed by atoms with van der Waals surface area (Å²) in [6.45, 7) is 0. The molecule has 0 heterocycles. The molecule has 0 aliphatic heterocycles. The summed E-state index contributed by atoms with van der Waals surface area (Å²) in [5.41, 5.74) is 1.40. The van der Waals surface area contributed by atoms with Crippen molar-refractivity contribution in [1.29, 1.82) is 0 Å². The Morgan fingerprint density at radius 3 is 2.24 bits per heavy atom. The lowest BCUT2D eigenvalue weighted by atomic mass is 10.2. The van der Waals surface area contributed by atoms with Gasteiger partial charge in [0.1, 0.15) is 5.69 Å². The number of nitro benzene ring substituents is 1. The van der Waals surface area contributed by atoms with Crippen LogP contribution in [0.1, 0.15) is 0 Å². The summed E-state index contributed by atoms with van der Waals surface area (Å²) < 4.78 is 1.62. The largest absolute Gasteiger partial charge is 0.293 e. The highest BCUT2D eigenvalue weighted by atomic mass is 79.9. The Bertz CT molecular complexity index is 531. The highest BCUT2D eigenvalue weighted by Gasteiger charge is 2.17. The fraction of sp³-hybridized carbons (Fsp3) is 0. The molecule has 0 radical (unpaired) electrons. The average Bonchev–Trinajstić information content (AvgIpc) is 2.39. The minimum atomic E-state index is -0.396. The first-order chi connectivity index (χ1) is 8.20. The molecule has 0 aliphatic carbocycles. The van der Waals surface area contributed by atoms with Crippen molar-refractivity contribution < 1.29 is 4.92 Å². The summed E-state index contributed by atoms with van der Waals surface area (Å²) in [6, 6.07) is 16.0. The van der Waals surface area contributed by atoms with Crippen molar-refractivity contribution in [1.82, 2.24) is 0 Å². The van der Waals surface area contributed by atoms with E-state index in [0.29, 0.717) is 5.69 Å². The molecule has 86 valence electrons. The molecule has 4 nitrogen and oxygen atoms in total. The molecule has 0 unspecified atom stereocenters. The van der Waals surface area contributed by atoms with E-state index < -0.39 is 4.92 Å². The van der Waals surface area contributed by atoms with Gasteiger partial charge in [-0.15, -0.1) is 0 Å². The van der Waals surface area contributed by atoms with Crippen LogP contribution in [-0.2, 0) is 0 Å². The molecule has 17 heavy (non-hydrogen) atoms. The van der Waals surface area contributed by atoms with E-state index in [1.165, 1.54) is 6.07 Å². The molecule has 0 bridgehead atoms. The van der Waals surface area contributed by atoms with Crippen LogP contribution in [-0.4, -0.2) is 4.92 Å². The highest BCUT2D eigenvalue weighted by Crippen LogP contribution is 2.35. The Morgan fingerprint density at radius 1 is 1.00 bits per heavy atom. The van der Waals surface area contributed by atoms with E-state index in [2.05, 4.69) is 16.1 Å². The van der Waals surface area contributed by atoms with Crippen molar-refractivity contribution >= 4 is 33.2 Å². The number of hydrogen-bond acceptors (Lipinski definition) is 3. The van der Waals surface area contributed by atoms with Crippen LogP contribution < -0.4 is 3.93 Å². The number of benzene rings is 2. The van der Waals surface area contributed by atoms with Gasteiger partial charge in [0.15, 0.2) is 0 Å². The summed E-state index contributed by atoms with van der Waals surface area (Å²) >= 11 is 3.34. The standard InChI is InChI=1S/C12H9BrN2O2/c13-14(10-6-2-1-3-7-10)11-8-4-5-9-12(11)15(16)17/h1-9H. The molecule has 0 spiro atoms. The smallest absolute Gasteiger partial charge is 0.270 e. The zero-order valence-corrected chi connectivity index (χ0v) is 10.4. The van der Waals surface area contributed by atoms with E-state index in [1.54, 1.807) is 22.1 Å². The van der Waals surface area contributed by atoms with Gasteiger partial charge in [0.2, 0.25) is 0 Å². The summed E-state index contributed by atoms with van der Waals surface area (Å²) in [5, 5.41) is 10.9. The molecule has 0 saturated carbocycles. The number of nitro groups is 1. The maximum absolute atomic E-state index is 10.9. The molecule has 2 aromatic carbocycles. The second-order valence-corrected chi connectivity index (χ2v) is 4.07. The lowest BCUT2D eigenvalue weighted by Crippen LogP contribution is -2.03. The predicted molar refractivity (Wildman–Crippen MR) is 70.6 cm³/mol. The Balaban J connectivity index is 2.44. The number of hydrogen-bond donors (Lipinski definition) is 0. The molecule has 0 aromatic heterocycles. The summed E-state index contributed by atoms with van der Waals surface area (Å²) in [5.74, 6) is 0. The van der Waals surface area contributed by atoms with Gasteiger partial charge in [0.05, 0.1) is 26.8 Å². The van der Waals surface area contributed by atoms with Crippen LogP contribution in [0.4, 0.5) is 17.1 Å². The molecule has 0 amide bonds. The van der Waals surface area contributed by atoms with Crippen LogP contribution in [0.25, 0.3) is 0 Å². The monoisotopic (exact) mass is 292 g/mol. The van der Waals surface area contributed by atoms with Crippen molar-refractivity contribution in [3.63, 3.8) is 0 Å². The average molecular weight is 293 g/mol. The quantitative estimate of drug-likeness (QED) is 0.487. The van der Waals surface area contributed by atoms with Gasteiger partial charge in [-0.3, -0.25) is 14.0 Å². The van der Waals surface area contributed by atoms with E-state index in [4.69, 9.17) is 0 Å². The van der Waals surface area contributed by atoms with Gasteiger partial charge in [0, 0.05) is 6.07 Å². The molecule has 0 saturated heterocycles. The number of nitrogens with zero attached hydrogens (tertiary/aromatic N) is 2. The molecular weight excluding hydrogens is 284 g/mol. The second kappa shape index (κ2) is 4.97. The fourth-order valence-corrected chi connectivity index (χ4v) is 2.02. The zero-order valence-electron chi connectivity index (χ0n) is 8.79. The van der Waals surface area contributed by atoms with Crippen molar-refractivity contribution in [2.75, 3.05) is 3.93 Å². The van der Waals surface area contributed by atoms with E-state index in [1.807, 2.05) is 30.3 Å². The lowest BCUT2D eigenvalue weighted by Gasteiger charge is -2.16. The first kappa shape index (κ1) is 11.6. The van der Waals surface area contributed by atoms with Crippen molar-refractivity contribution in [2.24, 2.45) is 0 Å². The number of para-hydroxylation sites is 3. The van der Waals surface area contributed by atoms with E-state index in [0.717, 1.165) is 5.69 Å². The van der Waals surface area contributed by atoms with Crippen LogP contribution in [0.2, 0.25) is 0 Å². The van der Waals surface area contributed by atoms with Gasteiger partial charge in [-0.2, -0.15) is 0 Å². The lowest BCUT2D eigenvalue weighted by molar-refractivity contribution is -0.384. The van der Waals surface area contributed by atoms with Crippen molar-refractivity contribution in [2.45, 2.75) is 0 Å². The summed E-state index contributed by atoms with van der Waals surface area (Å²) in [6.07, 6.45) is 0. The van der Waals surface area contributed by atoms with Crippen molar-refractivity contribution in [3.05, 3.63) is 64.7 Å². The minimum Gasteiger partial charge on any atom is -0.270 e. The summed E-state index contributed by atoms with van der Waals surface area (Å²) in [4.78, 5) is 10.5. The van der Waals surface area contributed by atoms with Crippen LogP contribution in [0, 0.1) is 10.1 Å². The molecule has 0 aliphatic rings. The molecule has 0 N–H and O–H groups in total.